The van der Waals surface area contributed by atoms with Gasteiger partial charge in [-0.15, -0.1) is 11.3 Å². The van der Waals surface area contributed by atoms with Crippen LogP contribution < -0.4 is 0 Å². The van der Waals surface area contributed by atoms with Crippen LogP contribution in [-0.2, 0) is 0 Å². The summed E-state index contributed by atoms with van der Waals surface area (Å²) in [7, 11) is 0. The van der Waals surface area contributed by atoms with E-state index in [0.29, 0.717) is 51.7 Å². The van der Waals surface area contributed by atoms with Gasteiger partial charge in [0, 0.05) is 119 Å². The highest BCUT2D eigenvalue weighted by Gasteiger charge is 2.27. The third-order valence-corrected chi connectivity index (χ3v) is 21.3. The highest BCUT2D eigenvalue weighted by atomic mass is 32.1. The van der Waals surface area contributed by atoms with Crippen LogP contribution in [0, 0.1) is 0 Å². The van der Waals surface area contributed by atoms with E-state index in [9.17, 15) is 0 Å². The Balaban J connectivity index is 0.677. The molecule has 0 aliphatic heterocycles. The molecule has 8 aromatic heterocycles. The summed E-state index contributed by atoms with van der Waals surface area (Å²) in [6, 6.07) is 99.6. The molecule has 474 valence electrons. The second-order valence-electron chi connectivity index (χ2n) is 25.8. The van der Waals surface area contributed by atoms with Crippen LogP contribution in [0.3, 0.4) is 0 Å². The number of furan rings is 5. The molecule has 14 aromatic carbocycles. The van der Waals surface area contributed by atoms with Crippen LogP contribution in [0.1, 0.15) is 0 Å². The third kappa shape index (κ3) is 8.60. The van der Waals surface area contributed by atoms with Crippen LogP contribution in [-0.4, -0.2) is 29.9 Å². The predicted molar refractivity (Wildman–Crippen MR) is 411 cm³/mol. The maximum atomic E-state index is 7.19. The zero-order valence-electron chi connectivity index (χ0n) is 53.8. The first-order valence-corrected chi connectivity index (χ1v) is 34.6. The molecule has 22 rings (SSSR count). The Morgan fingerprint density at radius 1 is 0.196 bits per heavy atom. The largest absolute Gasteiger partial charge is 0.456 e. The van der Waals surface area contributed by atoms with Crippen molar-refractivity contribution in [2.75, 3.05) is 0 Å². The average Bonchev–Trinajstić information content (AvgIpc) is 1.58. The number of rotatable bonds is 9. The van der Waals surface area contributed by atoms with Gasteiger partial charge in [-0.2, -0.15) is 0 Å². The van der Waals surface area contributed by atoms with E-state index in [1.54, 1.807) is 11.3 Å². The lowest BCUT2D eigenvalue weighted by molar-refractivity contribution is 0.665. The molecule has 0 atom stereocenters. The zero-order valence-corrected chi connectivity index (χ0v) is 54.7. The molecule has 0 unspecified atom stereocenters. The monoisotopic (exact) mass is 1320 g/mol. The molecular weight excluding hydrogens is 1280 g/mol. The van der Waals surface area contributed by atoms with Gasteiger partial charge in [0.1, 0.15) is 55.8 Å². The van der Waals surface area contributed by atoms with Crippen LogP contribution in [0.4, 0.5) is 0 Å². The fraction of sp³-hybridized carbons (Fsp3) is 0. The first kappa shape index (κ1) is 56.3. The van der Waals surface area contributed by atoms with Gasteiger partial charge < -0.3 is 22.1 Å². The van der Waals surface area contributed by atoms with Crippen molar-refractivity contribution < 1.29 is 22.1 Å². The normalized spacial score (nSPS) is 12.1. The minimum absolute atomic E-state index is 0.459. The average molecular weight is 1330 g/mol. The van der Waals surface area contributed by atoms with Gasteiger partial charge in [0.05, 0.1) is 11.1 Å². The molecule has 102 heavy (non-hydrogen) atoms. The van der Waals surface area contributed by atoms with Crippen LogP contribution in [0.25, 0.3) is 232 Å². The maximum absolute atomic E-state index is 7.19. The summed E-state index contributed by atoms with van der Waals surface area (Å²) in [6.07, 6.45) is 0. The van der Waals surface area contributed by atoms with E-state index in [0.717, 1.165) is 164 Å². The van der Waals surface area contributed by atoms with Gasteiger partial charge in [-0.3, -0.25) is 0 Å². The number of aromatic nitrogens is 6. The first-order valence-electron chi connectivity index (χ1n) is 33.8. The van der Waals surface area contributed by atoms with Crippen molar-refractivity contribution in [2.24, 2.45) is 0 Å². The van der Waals surface area contributed by atoms with Gasteiger partial charge in [-0.1, -0.05) is 231 Å². The molecule has 12 heteroatoms. The van der Waals surface area contributed by atoms with Gasteiger partial charge >= 0.3 is 0 Å². The first-order chi connectivity index (χ1) is 50.5. The second kappa shape index (κ2) is 21.9. The number of benzene rings is 14. The Morgan fingerprint density at radius 3 is 1.13 bits per heavy atom. The van der Waals surface area contributed by atoms with Crippen LogP contribution in [0.15, 0.2) is 313 Å². The van der Waals surface area contributed by atoms with Crippen molar-refractivity contribution in [1.82, 2.24) is 29.9 Å². The summed E-state index contributed by atoms with van der Waals surface area (Å²) in [6.45, 7) is 0. The zero-order chi connectivity index (χ0) is 66.7. The van der Waals surface area contributed by atoms with Crippen molar-refractivity contribution in [3.63, 3.8) is 0 Å². The topological polar surface area (TPSA) is 143 Å². The second-order valence-corrected chi connectivity index (χ2v) is 26.9. The van der Waals surface area contributed by atoms with Gasteiger partial charge in [-0.25, -0.2) is 29.9 Å². The van der Waals surface area contributed by atoms with E-state index in [-0.39, 0.29) is 0 Å². The molecule has 11 nitrogen and oxygen atoms in total. The molecule has 0 N–H and O–H groups in total. The van der Waals surface area contributed by atoms with Gasteiger partial charge in [0.2, 0.25) is 0 Å². The summed E-state index contributed by atoms with van der Waals surface area (Å²) in [5, 5.41) is 12.1. The summed E-state index contributed by atoms with van der Waals surface area (Å²) >= 11 is 1.75. The molecule has 8 heterocycles. The molecule has 0 amide bonds. The SMILES string of the molecule is c1ccc(-c2nc(-c3cccc4c3oc3c(-c5cccc6c5oc5cc(-c7cc(-c8nc(-c9ccccc9)nc(-c9cccc%10c9oc9c(-c%11cccc%12c%11oc%11ccccc%11%12)cccc9%10)n8)c8c(c7)oc7ccccc78)ccc56)cccc34)nc(-c3cccc4c3sc3ccccc34)n2)cc1. The van der Waals surface area contributed by atoms with Gasteiger partial charge in [-0.05, 0) is 71.8 Å². The van der Waals surface area contributed by atoms with Gasteiger partial charge in [0.15, 0.2) is 34.9 Å². The summed E-state index contributed by atoms with van der Waals surface area (Å²) in [5.74, 6) is 3.12. The Kier molecular flexibility index (Phi) is 12.1. The Bertz CT molecular complexity index is 7280. The number of hydrogen-bond acceptors (Lipinski definition) is 12. The van der Waals surface area contributed by atoms with E-state index in [1.807, 2.05) is 115 Å². The molecule has 0 fully saturated rings. The van der Waals surface area contributed by atoms with E-state index in [1.165, 1.54) is 15.5 Å². The van der Waals surface area contributed by atoms with Crippen LogP contribution in [0.5, 0.6) is 0 Å². The third-order valence-electron chi connectivity index (χ3n) is 20.0. The lowest BCUT2D eigenvalue weighted by Gasteiger charge is -2.11. The standard InChI is InChI=1S/C90H48N6O5S/c1-3-20-49(21-4-1)85-91-87(95-89(93-85)70-40-19-37-66-55-25-9-12-43-76(55)102-84(66)70)68-38-17-35-64-63-34-16-32-61(81(63)101-82(64)68)59-30-14-28-57-54-45-44-51(47-74(54)99-79(57)59)52-46-71(77-67-26-8-11-42-73(67)97-75(77)48-52)90-94-86(50-22-5-2-6-23-50)92-88(96-90)69-39-18-36-65-62-33-15-31-60(80(62)100-83(65)69)58-29-13-27-56-53-24-7-10-41-72(53)98-78(56)58/h1-48H. The molecule has 0 radical (unpaired) electrons. The number of nitrogens with zero attached hydrogens (tertiary/aromatic N) is 6. The number of fused-ring (bicyclic) bond motifs is 18. The van der Waals surface area contributed by atoms with Crippen molar-refractivity contribution in [3.05, 3.63) is 291 Å². The fourth-order valence-electron chi connectivity index (χ4n) is 15.4. The van der Waals surface area contributed by atoms with Crippen LogP contribution >= 0.6 is 11.3 Å². The van der Waals surface area contributed by atoms with Crippen molar-refractivity contribution in [3.8, 4) is 102 Å². The fourth-order valence-corrected chi connectivity index (χ4v) is 16.6. The van der Waals surface area contributed by atoms with Crippen molar-refractivity contribution >= 4 is 141 Å². The van der Waals surface area contributed by atoms with E-state index in [4.69, 9.17) is 52.0 Å². The van der Waals surface area contributed by atoms with E-state index >= 15 is 0 Å². The number of para-hydroxylation sites is 8. The van der Waals surface area contributed by atoms with Crippen molar-refractivity contribution in [2.45, 2.75) is 0 Å². The molecule has 22 aromatic rings. The van der Waals surface area contributed by atoms with Crippen molar-refractivity contribution in [1.29, 1.82) is 0 Å². The highest BCUT2D eigenvalue weighted by Crippen LogP contribution is 2.48. The summed E-state index contributed by atoms with van der Waals surface area (Å²) in [4.78, 5) is 31.9. The van der Waals surface area contributed by atoms with Gasteiger partial charge in [0.25, 0.3) is 0 Å². The molecular formula is C90H48N6O5S. The predicted octanol–water partition coefficient (Wildman–Crippen LogP) is 24.9. The smallest absolute Gasteiger partial charge is 0.167 e. The van der Waals surface area contributed by atoms with E-state index in [2.05, 4.69) is 176 Å². The molecule has 0 bridgehead atoms. The summed E-state index contributed by atoms with van der Waals surface area (Å²) < 4.78 is 37.2. The number of thiophene rings is 1. The number of hydrogen-bond donors (Lipinski definition) is 0. The summed E-state index contributed by atoms with van der Waals surface area (Å²) in [5.41, 5.74) is 17.7. The molecule has 0 aliphatic carbocycles. The Hall–Kier alpha value is -13.7. The van der Waals surface area contributed by atoms with E-state index < -0.39 is 0 Å². The molecule has 0 saturated carbocycles. The maximum Gasteiger partial charge on any atom is 0.167 e. The lowest BCUT2D eigenvalue weighted by Crippen LogP contribution is -2.01. The minimum atomic E-state index is 0.459. The Labute approximate surface area is 582 Å². The minimum Gasteiger partial charge on any atom is -0.456 e. The van der Waals surface area contributed by atoms with Crippen LogP contribution in [0.2, 0.25) is 0 Å². The molecule has 0 aliphatic rings. The molecule has 0 spiro atoms. The quantitative estimate of drug-likeness (QED) is 0.136. The lowest BCUT2D eigenvalue weighted by atomic mass is 9.97. The Morgan fingerprint density at radius 2 is 0.569 bits per heavy atom. The highest BCUT2D eigenvalue weighted by molar-refractivity contribution is 7.26. The molecule has 0 saturated heterocycles.